The van der Waals surface area contributed by atoms with Gasteiger partial charge < -0.3 is 24.7 Å². The van der Waals surface area contributed by atoms with Crippen LogP contribution in [0.15, 0.2) is 54.7 Å². The molecule has 3 heterocycles. The highest BCUT2D eigenvalue weighted by Crippen LogP contribution is 2.33. The van der Waals surface area contributed by atoms with E-state index in [9.17, 15) is 18.0 Å². The number of benzene rings is 2. The minimum absolute atomic E-state index is 0.104. The summed E-state index contributed by atoms with van der Waals surface area (Å²) < 4.78 is 50.2. The Kier molecular flexibility index (Phi) is 7.20. The van der Waals surface area contributed by atoms with Gasteiger partial charge in [-0.25, -0.2) is 15.0 Å². The fraction of sp³-hybridized carbons (Fsp3) is 0.259. The number of ether oxygens (including phenoxy) is 2. The van der Waals surface area contributed by atoms with Gasteiger partial charge in [-0.1, -0.05) is 12.1 Å². The number of morpholine rings is 1. The van der Waals surface area contributed by atoms with Crippen molar-refractivity contribution in [3.8, 4) is 28.4 Å². The lowest BCUT2D eigenvalue weighted by Gasteiger charge is -2.26. The molecule has 0 radical (unpaired) electrons. The van der Waals surface area contributed by atoms with Crippen molar-refractivity contribution in [3.05, 3.63) is 71.7 Å². The Bertz CT molecular complexity index is 1480. The summed E-state index contributed by atoms with van der Waals surface area (Å²) in [5.41, 5.74) is 2.20. The first-order valence-electron chi connectivity index (χ1n) is 12.1. The minimum Gasteiger partial charge on any atom is -0.496 e. The van der Waals surface area contributed by atoms with E-state index in [2.05, 4.69) is 25.3 Å². The first-order chi connectivity index (χ1) is 18.7. The van der Waals surface area contributed by atoms with Crippen molar-refractivity contribution >= 4 is 17.5 Å². The lowest BCUT2D eigenvalue weighted by atomic mass is 10.1. The number of aryl methyl sites for hydroxylation is 1. The number of anilines is 2. The van der Waals surface area contributed by atoms with Gasteiger partial charge in [0.15, 0.2) is 0 Å². The van der Waals surface area contributed by atoms with Crippen molar-refractivity contribution in [1.29, 1.82) is 0 Å². The number of imidazole rings is 1. The Morgan fingerprint density at radius 1 is 1.05 bits per heavy atom. The molecule has 0 atom stereocenters. The number of alkyl halides is 3. The zero-order valence-electron chi connectivity index (χ0n) is 21.2. The van der Waals surface area contributed by atoms with Gasteiger partial charge in [0.25, 0.3) is 5.91 Å². The van der Waals surface area contributed by atoms with E-state index in [0.717, 1.165) is 23.4 Å². The lowest BCUT2D eigenvalue weighted by molar-refractivity contribution is -0.137. The average Bonchev–Trinajstić information content (AvgIpc) is 3.38. The Morgan fingerprint density at radius 3 is 2.44 bits per heavy atom. The van der Waals surface area contributed by atoms with Crippen LogP contribution >= 0.6 is 0 Å². The van der Waals surface area contributed by atoms with Crippen LogP contribution in [-0.4, -0.2) is 64.2 Å². The number of nitrogens with one attached hydrogen (secondary N) is 2. The second-order valence-electron chi connectivity index (χ2n) is 8.87. The van der Waals surface area contributed by atoms with Crippen LogP contribution in [0.4, 0.5) is 24.8 Å². The Labute approximate surface area is 222 Å². The molecule has 0 bridgehead atoms. The third-order valence-electron chi connectivity index (χ3n) is 6.17. The number of halogens is 3. The third kappa shape index (κ3) is 5.85. The number of H-pyrrole nitrogens is 1. The number of aromatic amines is 1. The Morgan fingerprint density at radius 2 is 1.79 bits per heavy atom. The maximum Gasteiger partial charge on any atom is 0.416 e. The van der Waals surface area contributed by atoms with Gasteiger partial charge in [-0.2, -0.15) is 13.2 Å². The van der Waals surface area contributed by atoms with Crippen molar-refractivity contribution in [3.63, 3.8) is 0 Å². The standard InChI is InChI=1S/C27H25F3N6O3/c1-16-15-31-24(32-16)20-8-7-19(13-23(20)38-2)33-26-34-21(17-3-5-18(6-4-17)27(28,29)30)14-22(35-26)25(37)36-9-11-39-12-10-36/h3-8,13-15H,9-12H2,1-2H3,(H,31,32)(H,33,34,35). The van der Waals surface area contributed by atoms with Crippen LogP contribution in [-0.2, 0) is 10.9 Å². The molecule has 12 heteroatoms. The molecule has 202 valence electrons. The van der Waals surface area contributed by atoms with E-state index in [0.29, 0.717) is 54.8 Å². The molecule has 1 aliphatic rings. The normalized spacial score (nSPS) is 13.8. The van der Waals surface area contributed by atoms with Crippen LogP contribution in [0.25, 0.3) is 22.6 Å². The summed E-state index contributed by atoms with van der Waals surface area (Å²) in [6.07, 6.45) is -2.68. The predicted octanol–water partition coefficient (Wildman–Crippen LogP) is 5.09. The largest absolute Gasteiger partial charge is 0.496 e. The van der Waals surface area contributed by atoms with Crippen molar-refractivity contribution in [1.82, 2.24) is 24.8 Å². The summed E-state index contributed by atoms with van der Waals surface area (Å²) in [7, 11) is 1.54. The number of hydrogen-bond acceptors (Lipinski definition) is 7. The number of aromatic nitrogens is 4. The van der Waals surface area contributed by atoms with Crippen LogP contribution in [0.3, 0.4) is 0 Å². The van der Waals surface area contributed by atoms with Gasteiger partial charge in [0.2, 0.25) is 5.95 Å². The van der Waals surface area contributed by atoms with Gasteiger partial charge >= 0.3 is 6.18 Å². The Hall–Kier alpha value is -4.45. The maximum absolute atomic E-state index is 13.3. The molecule has 2 aromatic carbocycles. The zero-order valence-corrected chi connectivity index (χ0v) is 21.2. The molecule has 0 aliphatic carbocycles. The minimum atomic E-state index is -4.46. The van der Waals surface area contributed by atoms with Crippen molar-refractivity contribution < 1.29 is 27.4 Å². The first kappa shape index (κ1) is 26.2. The summed E-state index contributed by atoms with van der Waals surface area (Å²) in [5.74, 6) is 0.971. The molecule has 2 N–H and O–H groups in total. The van der Waals surface area contributed by atoms with Crippen molar-refractivity contribution in [2.24, 2.45) is 0 Å². The molecule has 2 aromatic heterocycles. The van der Waals surface area contributed by atoms with E-state index in [1.54, 1.807) is 30.3 Å². The molecule has 1 aliphatic heterocycles. The van der Waals surface area contributed by atoms with Crippen LogP contribution in [0.2, 0.25) is 0 Å². The number of carbonyl (C=O) groups is 1. The van der Waals surface area contributed by atoms with E-state index in [1.807, 2.05) is 13.0 Å². The van der Waals surface area contributed by atoms with Gasteiger partial charge in [0.05, 0.1) is 42.8 Å². The number of hydrogen-bond donors (Lipinski definition) is 2. The summed E-state index contributed by atoms with van der Waals surface area (Å²) in [6, 6.07) is 11.4. The molecule has 0 spiro atoms. The zero-order chi connectivity index (χ0) is 27.6. The predicted molar refractivity (Wildman–Crippen MR) is 138 cm³/mol. The highest BCUT2D eigenvalue weighted by atomic mass is 19.4. The van der Waals surface area contributed by atoms with E-state index < -0.39 is 11.7 Å². The molecular formula is C27H25F3N6O3. The second-order valence-corrected chi connectivity index (χ2v) is 8.87. The first-order valence-corrected chi connectivity index (χ1v) is 12.1. The van der Waals surface area contributed by atoms with Crippen LogP contribution in [0.5, 0.6) is 5.75 Å². The van der Waals surface area contributed by atoms with Crippen LogP contribution in [0.1, 0.15) is 21.7 Å². The monoisotopic (exact) mass is 538 g/mol. The summed E-state index contributed by atoms with van der Waals surface area (Å²) in [5, 5.41) is 3.10. The molecule has 0 saturated carbocycles. The second kappa shape index (κ2) is 10.7. The van der Waals surface area contributed by atoms with Crippen molar-refractivity contribution in [2.75, 3.05) is 38.7 Å². The van der Waals surface area contributed by atoms with E-state index in [-0.39, 0.29) is 17.5 Å². The summed E-state index contributed by atoms with van der Waals surface area (Å²) in [4.78, 5) is 31.3. The van der Waals surface area contributed by atoms with Gasteiger partial charge in [0, 0.05) is 36.6 Å². The van der Waals surface area contributed by atoms with Crippen LogP contribution in [0, 0.1) is 6.92 Å². The van der Waals surface area contributed by atoms with Crippen molar-refractivity contribution in [2.45, 2.75) is 13.1 Å². The molecule has 5 rings (SSSR count). The molecular weight excluding hydrogens is 513 g/mol. The third-order valence-corrected chi connectivity index (χ3v) is 6.17. The highest BCUT2D eigenvalue weighted by Gasteiger charge is 2.30. The molecule has 9 nitrogen and oxygen atoms in total. The fourth-order valence-corrected chi connectivity index (χ4v) is 4.16. The topological polar surface area (TPSA) is 105 Å². The smallest absolute Gasteiger partial charge is 0.416 e. The molecule has 1 saturated heterocycles. The summed E-state index contributed by atoms with van der Waals surface area (Å²) >= 11 is 0. The molecule has 4 aromatic rings. The fourth-order valence-electron chi connectivity index (χ4n) is 4.16. The number of amides is 1. The summed E-state index contributed by atoms with van der Waals surface area (Å²) in [6.45, 7) is 3.52. The molecule has 1 amide bonds. The van der Waals surface area contributed by atoms with Gasteiger partial charge in [-0.15, -0.1) is 0 Å². The number of methoxy groups -OCH3 is 1. The van der Waals surface area contributed by atoms with Gasteiger partial charge in [-0.05, 0) is 37.3 Å². The molecule has 0 unspecified atom stereocenters. The molecule has 39 heavy (non-hydrogen) atoms. The van der Waals surface area contributed by atoms with Crippen LogP contribution < -0.4 is 10.1 Å². The number of carbonyl (C=O) groups excluding carboxylic acids is 1. The maximum atomic E-state index is 13.3. The quantitative estimate of drug-likeness (QED) is 0.353. The molecule has 1 fully saturated rings. The SMILES string of the molecule is COc1cc(Nc2nc(C(=O)N3CCOCC3)cc(-c3ccc(C(F)(F)F)cc3)n2)ccc1-c1nc(C)c[nH]1. The number of nitrogens with zero attached hydrogens (tertiary/aromatic N) is 4. The van der Waals surface area contributed by atoms with E-state index in [1.165, 1.54) is 18.2 Å². The van der Waals surface area contributed by atoms with E-state index in [4.69, 9.17) is 9.47 Å². The average molecular weight is 539 g/mol. The highest BCUT2D eigenvalue weighted by molar-refractivity contribution is 5.94. The van der Waals surface area contributed by atoms with E-state index >= 15 is 0 Å². The lowest BCUT2D eigenvalue weighted by Crippen LogP contribution is -2.41. The van der Waals surface area contributed by atoms with Gasteiger partial charge in [0.1, 0.15) is 17.3 Å². The van der Waals surface area contributed by atoms with Gasteiger partial charge in [-0.3, -0.25) is 4.79 Å². The number of rotatable bonds is 6. The Balaban J connectivity index is 1.50.